The molecule has 0 radical (unpaired) electrons. The summed E-state index contributed by atoms with van der Waals surface area (Å²) in [6.45, 7) is 2.57. The topological polar surface area (TPSA) is 53.7 Å². The van der Waals surface area contributed by atoms with Crippen LogP contribution in [-0.4, -0.2) is 27.4 Å². The molecule has 4 nitrogen and oxygen atoms in total. The quantitative estimate of drug-likeness (QED) is 0.857. The molecule has 19 heavy (non-hydrogen) atoms. The minimum atomic E-state index is 0.0992. The Labute approximate surface area is 114 Å². The van der Waals surface area contributed by atoms with Crippen LogP contribution in [0.2, 0.25) is 0 Å². The van der Waals surface area contributed by atoms with E-state index in [0.29, 0.717) is 6.61 Å². The van der Waals surface area contributed by atoms with Gasteiger partial charge >= 0.3 is 0 Å². The summed E-state index contributed by atoms with van der Waals surface area (Å²) >= 11 is 0. The van der Waals surface area contributed by atoms with Crippen LogP contribution >= 0.6 is 0 Å². The van der Waals surface area contributed by atoms with Gasteiger partial charge in [0.15, 0.2) is 11.5 Å². The van der Waals surface area contributed by atoms with Crippen LogP contribution in [0.25, 0.3) is 0 Å². The van der Waals surface area contributed by atoms with E-state index in [4.69, 9.17) is 19.9 Å². The van der Waals surface area contributed by atoms with Crippen molar-refractivity contribution in [1.29, 1.82) is 0 Å². The van der Waals surface area contributed by atoms with Gasteiger partial charge in [-0.2, -0.15) is 0 Å². The van der Waals surface area contributed by atoms with E-state index in [1.54, 1.807) is 21.3 Å². The van der Waals surface area contributed by atoms with Crippen molar-refractivity contribution in [2.24, 2.45) is 5.73 Å². The minimum Gasteiger partial charge on any atom is -0.493 e. The third kappa shape index (κ3) is 2.42. The van der Waals surface area contributed by atoms with Crippen molar-refractivity contribution in [2.45, 2.75) is 37.8 Å². The SMILES string of the molecule is COCc1cc(C2(C(C)N)CC2)cc(OC)c1OC. The molecule has 2 N–H and O–H groups in total. The van der Waals surface area contributed by atoms with Gasteiger partial charge in [-0.05, 0) is 37.5 Å². The Bertz CT molecular complexity index is 453. The predicted molar refractivity (Wildman–Crippen MR) is 74.8 cm³/mol. The second kappa shape index (κ2) is 5.39. The van der Waals surface area contributed by atoms with Crippen LogP contribution in [0.1, 0.15) is 30.9 Å². The zero-order valence-electron chi connectivity index (χ0n) is 12.2. The van der Waals surface area contributed by atoms with E-state index in [0.717, 1.165) is 29.9 Å². The Morgan fingerprint density at radius 3 is 2.32 bits per heavy atom. The smallest absolute Gasteiger partial charge is 0.166 e. The molecule has 0 saturated heterocycles. The van der Waals surface area contributed by atoms with Crippen molar-refractivity contribution in [3.05, 3.63) is 23.3 Å². The maximum Gasteiger partial charge on any atom is 0.166 e. The maximum absolute atomic E-state index is 6.15. The van der Waals surface area contributed by atoms with E-state index in [-0.39, 0.29) is 11.5 Å². The number of hydrogen-bond donors (Lipinski definition) is 1. The fourth-order valence-electron chi connectivity index (χ4n) is 2.74. The van der Waals surface area contributed by atoms with Crippen LogP contribution in [0.4, 0.5) is 0 Å². The zero-order chi connectivity index (χ0) is 14.0. The lowest BCUT2D eigenvalue weighted by molar-refractivity contribution is 0.180. The number of hydrogen-bond acceptors (Lipinski definition) is 4. The van der Waals surface area contributed by atoms with Gasteiger partial charge in [0.25, 0.3) is 0 Å². The average Bonchev–Trinajstić information content (AvgIpc) is 3.19. The molecule has 4 heteroatoms. The largest absolute Gasteiger partial charge is 0.493 e. The summed E-state index contributed by atoms with van der Waals surface area (Å²) in [5.74, 6) is 1.49. The lowest BCUT2D eigenvalue weighted by Gasteiger charge is -2.23. The van der Waals surface area contributed by atoms with Crippen LogP contribution in [0.3, 0.4) is 0 Å². The van der Waals surface area contributed by atoms with Crippen molar-refractivity contribution >= 4 is 0 Å². The number of nitrogens with two attached hydrogens (primary N) is 1. The van der Waals surface area contributed by atoms with Gasteiger partial charge in [-0.25, -0.2) is 0 Å². The summed E-state index contributed by atoms with van der Waals surface area (Å²) in [4.78, 5) is 0. The molecule has 1 aromatic carbocycles. The summed E-state index contributed by atoms with van der Waals surface area (Å²) in [5, 5.41) is 0. The molecule has 1 fully saturated rings. The van der Waals surface area contributed by atoms with Gasteiger partial charge in [0, 0.05) is 24.1 Å². The van der Waals surface area contributed by atoms with Crippen LogP contribution in [-0.2, 0) is 16.8 Å². The number of ether oxygens (including phenoxy) is 3. The van der Waals surface area contributed by atoms with Gasteiger partial charge in [-0.15, -0.1) is 0 Å². The summed E-state index contributed by atoms with van der Waals surface area (Å²) < 4.78 is 16.1. The average molecular weight is 265 g/mol. The summed E-state index contributed by atoms with van der Waals surface area (Å²) in [5.41, 5.74) is 8.48. The molecule has 0 aromatic heterocycles. The Kier molecular flexibility index (Phi) is 4.02. The second-order valence-electron chi connectivity index (χ2n) is 5.25. The van der Waals surface area contributed by atoms with Crippen molar-refractivity contribution < 1.29 is 14.2 Å². The van der Waals surface area contributed by atoms with Crippen LogP contribution in [0.5, 0.6) is 11.5 Å². The summed E-state index contributed by atoms with van der Waals surface area (Å²) in [6.07, 6.45) is 2.26. The molecule has 2 rings (SSSR count). The highest BCUT2D eigenvalue weighted by Crippen LogP contribution is 2.52. The molecule has 1 saturated carbocycles. The first-order chi connectivity index (χ1) is 9.08. The van der Waals surface area contributed by atoms with Gasteiger partial charge in [0.1, 0.15) is 0 Å². The van der Waals surface area contributed by atoms with Gasteiger partial charge < -0.3 is 19.9 Å². The first kappa shape index (κ1) is 14.2. The zero-order valence-corrected chi connectivity index (χ0v) is 12.2. The maximum atomic E-state index is 6.15. The minimum absolute atomic E-state index is 0.0992. The molecular weight excluding hydrogens is 242 g/mol. The Hall–Kier alpha value is -1.26. The van der Waals surface area contributed by atoms with E-state index in [1.165, 1.54) is 5.56 Å². The molecule has 0 bridgehead atoms. The first-order valence-electron chi connectivity index (χ1n) is 6.59. The van der Waals surface area contributed by atoms with E-state index in [1.807, 2.05) is 6.07 Å². The molecule has 0 heterocycles. The van der Waals surface area contributed by atoms with Crippen LogP contribution in [0, 0.1) is 0 Å². The van der Waals surface area contributed by atoms with Crippen molar-refractivity contribution in [2.75, 3.05) is 21.3 Å². The molecule has 1 aliphatic carbocycles. The number of rotatable bonds is 6. The van der Waals surface area contributed by atoms with E-state index in [2.05, 4.69) is 13.0 Å². The molecule has 0 spiro atoms. The van der Waals surface area contributed by atoms with Crippen LogP contribution < -0.4 is 15.2 Å². The monoisotopic (exact) mass is 265 g/mol. The Morgan fingerprint density at radius 2 is 1.89 bits per heavy atom. The van der Waals surface area contributed by atoms with Gasteiger partial charge in [-0.1, -0.05) is 0 Å². The number of benzene rings is 1. The highest BCUT2D eigenvalue weighted by molar-refractivity contribution is 5.52. The summed E-state index contributed by atoms with van der Waals surface area (Å²) in [7, 11) is 4.98. The third-order valence-corrected chi connectivity index (χ3v) is 4.09. The second-order valence-corrected chi connectivity index (χ2v) is 5.25. The molecule has 0 aliphatic heterocycles. The fourth-order valence-corrected chi connectivity index (χ4v) is 2.74. The third-order valence-electron chi connectivity index (χ3n) is 4.09. The first-order valence-corrected chi connectivity index (χ1v) is 6.59. The van der Waals surface area contributed by atoms with Gasteiger partial charge in [-0.3, -0.25) is 0 Å². The molecule has 106 valence electrons. The van der Waals surface area contributed by atoms with Crippen molar-refractivity contribution in [1.82, 2.24) is 0 Å². The lowest BCUT2D eigenvalue weighted by atomic mass is 9.88. The fraction of sp³-hybridized carbons (Fsp3) is 0.600. The molecule has 1 atom stereocenters. The predicted octanol–water partition coefficient (Wildman–Crippen LogP) is 2.23. The van der Waals surface area contributed by atoms with Crippen LogP contribution in [0.15, 0.2) is 12.1 Å². The van der Waals surface area contributed by atoms with Gasteiger partial charge in [0.2, 0.25) is 0 Å². The summed E-state index contributed by atoms with van der Waals surface area (Å²) in [6, 6.07) is 4.33. The van der Waals surface area contributed by atoms with Crippen molar-refractivity contribution in [3.63, 3.8) is 0 Å². The Balaban J connectivity index is 2.49. The molecule has 1 unspecified atom stereocenters. The van der Waals surface area contributed by atoms with Gasteiger partial charge in [0.05, 0.1) is 20.8 Å². The molecule has 1 aliphatic rings. The normalized spacial score (nSPS) is 17.9. The lowest BCUT2D eigenvalue weighted by Crippen LogP contribution is -2.31. The van der Waals surface area contributed by atoms with E-state index < -0.39 is 0 Å². The van der Waals surface area contributed by atoms with Crippen molar-refractivity contribution in [3.8, 4) is 11.5 Å². The highest BCUT2D eigenvalue weighted by Gasteiger charge is 2.48. The molecule has 1 aromatic rings. The van der Waals surface area contributed by atoms with E-state index in [9.17, 15) is 0 Å². The highest BCUT2D eigenvalue weighted by atomic mass is 16.5. The van der Waals surface area contributed by atoms with E-state index >= 15 is 0 Å². The Morgan fingerprint density at radius 1 is 1.21 bits per heavy atom. The number of methoxy groups -OCH3 is 3. The molecule has 0 amide bonds. The standard InChI is InChI=1S/C15H23NO3/c1-10(16)15(5-6-15)12-7-11(9-17-2)14(19-4)13(8-12)18-3/h7-8,10H,5-6,9,16H2,1-4H3. The molecular formula is C15H23NO3.